The third-order valence-corrected chi connectivity index (χ3v) is 1.63. The SMILES string of the molecule is CC(=O)Oc1ccc(COC(N)=O)cc1F. The van der Waals surface area contributed by atoms with Crippen molar-refractivity contribution in [2.24, 2.45) is 5.73 Å². The molecule has 0 radical (unpaired) electrons. The molecule has 0 aliphatic heterocycles. The second kappa shape index (κ2) is 5.11. The molecule has 0 aliphatic rings. The standard InChI is InChI=1S/C10H10FNO4/c1-6(13)16-9-3-2-7(4-8(9)11)5-15-10(12)14/h2-4H,5H2,1H3,(H2,12,14). The highest BCUT2D eigenvalue weighted by atomic mass is 19.1. The molecule has 2 N–H and O–H groups in total. The Labute approximate surface area is 90.9 Å². The van der Waals surface area contributed by atoms with E-state index in [2.05, 4.69) is 9.47 Å². The van der Waals surface area contributed by atoms with Crippen LogP contribution >= 0.6 is 0 Å². The summed E-state index contributed by atoms with van der Waals surface area (Å²) in [5.41, 5.74) is 5.16. The van der Waals surface area contributed by atoms with Crippen LogP contribution in [-0.4, -0.2) is 12.1 Å². The Morgan fingerprint density at radius 1 is 1.44 bits per heavy atom. The Balaban J connectivity index is 2.74. The second-order valence-electron chi connectivity index (χ2n) is 2.97. The molecule has 0 spiro atoms. The number of carbonyl (C=O) groups excluding carboxylic acids is 2. The largest absolute Gasteiger partial charge is 0.445 e. The van der Waals surface area contributed by atoms with Crippen molar-refractivity contribution in [1.82, 2.24) is 0 Å². The minimum atomic E-state index is -0.940. The predicted octanol–water partition coefficient (Wildman–Crippen LogP) is 1.35. The summed E-state index contributed by atoms with van der Waals surface area (Å²) >= 11 is 0. The number of hydrogen-bond donors (Lipinski definition) is 1. The van der Waals surface area contributed by atoms with Gasteiger partial charge in [0.2, 0.25) is 0 Å². The van der Waals surface area contributed by atoms with Gasteiger partial charge >= 0.3 is 12.1 Å². The molecule has 0 atom stereocenters. The predicted molar refractivity (Wildman–Crippen MR) is 52.1 cm³/mol. The molecule has 1 amide bonds. The van der Waals surface area contributed by atoms with Crippen LogP contribution in [0.5, 0.6) is 5.75 Å². The van der Waals surface area contributed by atoms with Crippen LogP contribution < -0.4 is 10.5 Å². The van der Waals surface area contributed by atoms with Crippen molar-refractivity contribution in [2.75, 3.05) is 0 Å². The molecule has 1 aromatic rings. The first-order valence-electron chi connectivity index (χ1n) is 4.38. The molecule has 0 fully saturated rings. The molecular formula is C10H10FNO4. The monoisotopic (exact) mass is 227 g/mol. The molecular weight excluding hydrogens is 217 g/mol. The van der Waals surface area contributed by atoms with Crippen LogP contribution in [0.15, 0.2) is 18.2 Å². The van der Waals surface area contributed by atoms with Gasteiger partial charge in [0.15, 0.2) is 11.6 Å². The maximum absolute atomic E-state index is 13.3. The number of rotatable bonds is 3. The van der Waals surface area contributed by atoms with Crippen molar-refractivity contribution in [3.63, 3.8) is 0 Å². The fourth-order valence-electron chi connectivity index (χ4n) is 1.03. The lowest BCUT2D eigenvalue weighted by Gasteiger charge is -2.05. The van der Waals surface area contributed by atoms with Gasteiger partial charge in [-0.1, -0.05) is 6.07 Å². The van der Waals surface area contributed by atoms with Crippen LogP contribution in [0.4, 0.5) is 9.18 Å². The van der Waals surface area contributed by atoms with Gasteiger partial charge in [-0.25, -0.2) is 9.18 Å². The van der Waals surface area contributed by atoms with Gasteiger partial charge in [-0.05, 0) is 17.7 Å². The first kappa shape index (κ1) is 12.0. The van der Waals surface area contributed by atoms with Crippen LogP contribution in [0.1, 0.15) is 12.5 Å². The maximum Gasteiger partial charge on any atom is 0.404 e. The first-order valence-corrected chi connectivity index (χ1v) is 4.38. The van der Waals surface area contributed by atoms with Crippen LogP contribution in [0.2, 0.25) is 0 Å². The van der Waals surface area contributed by atoms with Gasteiger partial charge < -0.3 is 15.2 Å². The molecule has 16 heavy (non-hydrogen) atoms. The number of amides is 1. The summed E-state index contributed by atoms with van der Waals surface area (Å²) in [7, 11) is 0. The Bertz CT molecular complexity index is 419. The van der Waals surface area contributed by atoms with Crippen molar-refractivity contribution in [3.05, 3.63) is 29.6 Å². The van der Waals surface area contributed by atoms with Crippen LogP contribution in [0, 0.1) is 5.82 Å². The summed E-state index contributed by atoms with van der Waals surface area (Å²) in [6.07, 6.45) is -0.940. The van der Waals surface area contributed by atoms with E-state index in [4.69, 9.17) is 5.73 Å². The summed E-state index contributed by atoms with van der Waals surface area (Å²) in [6, 6.07) is 3.84. The van der Waals surface area contributed by atoms with E-state index in [1.54, 1.807) is 0 Å². The van der Waals surface area contributed by atoms with Gasteiger partial charge in [-0.2, -0.15) is 0 Å². The zero-order chi connectivity index (χ0) is 12.1. The summed E-state index contributed by atoms with van der Waals surface area (Å²) < 4.78 is 22.3. The molecule has 5 nitrogen and oxygen atoms in total. The van der Waals surface area contributed by atoms with Crippen molar-refractivity contribution in [2.45, 2.75) is 13.5 Å². The lowest BCUT2D eigenvalue weighted by Crippen LogP contribution is -2.12. The Morgan fingerprint density at radius 3 is 2.62 bits per heavy atom. The lowest BCUT2D eigenvalue weighted by molar-refractivity contribution is -0.132. The van der Waals surface area contributed by atoms with Crippen molar-refractivity contribution in [1.29, 1.82) is 0 Å². The van der Waals surface area contributed by atoms with E-state index in [-0.39, 0.29) is 12.4 Å². The number of esters is 1. The average molecular weight is 227 g/mol. The molecule has 0 heterocycles. The van der Waals surface area contributed by atoms with Gasteiger partial charge in [0, 0.05) is 6.92 Å². The molecule has 6 heteroatoms. The van der Waals surface area contributed by atoms with Gasteiger partial charge in [0.05, 0.1) is 0 Å². The van der Waals surface area contributed by atoms with Crippen molar-refractivity contribution < 1.29 is 23.5 Å². The summed E-state index contributed by atoms with van der Waals surface area (Å²) in [5.74, 6) is -1.49. The normalized spacial score (nSPS) is 9.62. The second-order valence-corrected chi connectivity index (χ2v) is 2.97. The molecule has 0 saturated carbocycles. The highest BCUT2D eigenvalue weighted by molar-refractivity contribution is 5.69. The zero-order valence-corrected chi connectivity index (χ0v) is 8.53. The number of nitrogens with two attached hydrogens (primary N) is 1. The van der Waals surface area contributed by atoms with E-state index in [9.17, 15) is 14.0 Å². The van der Waals surface area contributed by atoms with Gasteiger partial charge in [-0.15, -0.1) is 0 Å². The third-order valence-electron chi connectivity index (χ3n) is 1.63. The number of halogens is 1. The molecule has 0 saturated heterocycles. The Morgan fingerprint density at radius 2 is 2.12 bits per heavy atom. The molecule has 0 unspecified atom stereocenters. The number of hydrogen-bond acceptors (Lipinski definition) is 4. The van der Waals surface area contributed by atoms with Crippen molar-refractivity contribution in [3.8, 4) is 5.75 Å². The summed E-state index contributed by atoms with van der Waals surface area (Å²) in [6.45, 7) is 1.04. The minimum Gasteiger partial charge on any atom is -0.445 e. The van der Waals surface area contributed by atoms with E-state index < -0.39 is 17.9 Å². The Hall–Kier alpha value is -2.11. The third kappa shape index (κ3) is 3.56. The smallest absolute Gasteiger partial charge is 0.404 e. The van der Waals surface area contributed by atoms with Gasteiger partial charge in [-0.3, -0.25) is 4.79 Å². The van der Waals surface area contributed by atoms with E-state index >= 15 is 0 Å². The van der Waals surface area contributed by atoms with E-state index in [1.807, 2.05) is 0 Å². The average Bonchev–Trinajstić information content (AvgIpc) is 2.18. The summed E-state index contributed by atoms with van der Waals surface area (Å²) in [4.78, 5) is 20.9. The van der Waals surface area contributed by atoms with Crippen LogP contribution in [0.3, 0.4) is 0 Å². The quantitative estimate of drug-likeness (QED) is 0.624. The molecule has 0 bridgehead atoms. The number of carbonyl (C=O) groups is 2. The minimum absolute atomic E-state index is 0.132. The first-order chi connectivity index (χ1) is 7.49. The molecule has 0 aromatic heterocycles. The lowest BCUT2D eigenvalue weighted by atomic mass is 10.2. The maximum atomic E-state index is 13.3. The molecule has 86 valence electrons. The fraction of sp³-hybridized carbons (Fsp3) is 0.200. The number of ether oxygens (including phenoxy) is 2. The molecule has 1 rings (SSSR count). The highest BCUT2D eigenvalue weighted by Crippen LogP contribution is 2.18. The van der Waals surface area contributed by atoms with Crippen LogP contribution in [-0.2, 0) is 16.1 Å². The van der Waals surface area contributed by atoms with Crippen LogP contribution in [0.25, 0.3) is 0 Å². The molecule has 1 aromatic carbocycles. The zero-order valence-electron chi connectivity index (χ0n) is 8.53. The Kier molecular flexibility index (Phi) is 3.82. The number of primary amides is 1. The summed E-state index contributed by atoms with van der Waals surface area (Å²) in [5, 5.41) is 0. The highest BCUT2D eigenvalue weighted by Gasteiger charge is 2.07. The van der Waals surface area contributed by atoms with Crippen molar-refractivity contribution >= 4 is 12.1 Å². The van der Waals surface area contributed by atoms with E-state index in [1.165, 1.54) is 19.1 Å². The fourth-order valence-corrected chi connectivity index (χ4v) is 1.03. The molecule has 0 aliphatic carbocycles. The van der Waals surface area contributed by atoms with Gasteiger partial charge in [0.1, 0.15) is 6.61 Å². The van der Waals surface area contributed by atoms with E-state index in [0.29, 0.717) is 5.56 Å². The van der Waals surface area contributed by atoms with E-state index in [0.717, 1.165) is 6.07 Å². The van der Waals surface area contributed by atoms with Gasteiger partial charge in [0.25, 0.3) is 0 Å². The number of benzene rings is 1. The topological polar surface area (TPSA) is 78.6 Å².